The van der Waals surface area contributed by atoms with Gasteiger partial charge < -0.3 is 4.90 Å². The molecule has 2 saturated heterocycles. The summed E-state index contributed by atoms with van der Waals surface area (Å²) in [6.45, 7) is 0.457. The highest BCUT2D eigenvalue weighted by molar-refractivity contribution is 7.92. The van der Waals surface area contributed by atoms with Gasteiger partial charge >= 0.3 is 0 Å². The summed E-state index contributed by atoms with van der Waals surface area (Å²) < 4.78 is 23.2. The lowest BCUT2D eigenvalue weighted by Gasteiger charge is -2.27. The molecule has 2 unspecified atom stereocenters. The lowest BCUT2D eigenvalue weighted by Crippen LogP contribution is -2.44. The minimum Gasteiger partial charge on any atom is -0.337 e. The van der Waals surface area contributed by atoms with Gasteiger partial charge in [-0.2, -0.15) is 0 Å². The highest BCUT2D eigenvalue weighted by Gasteiger charge is 2.49. The van der Waals surface area contributed by atoms with Crippen molar-refractivity contribution in [1.82, 2.24) is 4.90 Å². The van der Waals surface area contributed by atoms with Gasteiger partial charge in [0.15, 0.2) is 9.84 Å². The molecule has 2 atom stereocenters. The predicted octanol–water partition coefficient (Wildman–Crippen LogP) is 0.965. The Bertz CT molecular complexity index is 425. The van der Waals surface area contributed by atoms with Crippen molar-refractivity contribution in [2.75, 3.05) is 12.3 Å². The van der Waals surface area contributed by atoms with Gasteiger partial charge in [0.1, 0.15) is 0 Å². The molecule has 3 rings (SSSR count). The fourth-order valence-corrected chi connectivity index (χ4v) is 5.61. The molecule has 2 heterocycles. The lowest BCUT2D eigenvalue weighted by atomic mass is 10.0. The van der Waals surface area contributed by atoms with E-state index in [-0.39, 0.29) is 23.0 Å². The van der Waals surface area contributed by atoms with Crippen molar-refractivity contribution in [1.29, 1.82) is 0 Å². The molecule has 0 radical (unpaired) electrons. The normalized spacial score (nSPS) is 35.6. The van der Waals surface area contributed by atoms with Crippen LogP contribution in [0.25, 0.3) is 0 Å². The summed E-state index contributed by atoms with van der Waals surface area (Å²) >= 11 is 0. The largest absolute Gasteiger partial charge is 0.337 e. The molecule has 3 fully saturated rings. The zero-order valence-corrected chi connectivity index (χ0v) is 10.8. The van der Waals surface area contributed by atoms with Gasteiger partial charge in [-0.15, -0.1) is 0 Å². The quantitative estimate of drug-likeness (QED) is 0.740. The topological polar surface area (TPSA) is 54.5 Å². The molecule has 1 saturated carbocycles. The third kappa shape index (κ3) is 1.98. The SMILES string of the molecule is O=C(CC1CCCC1)N1CC2CC1CS2(=O)=O. The number of hydrogen-bond acceptors (Lipinski definition) is 3. The van der Waals surface area contributed by atoms with Crippen LogP contribution in [0.15, 0.2) is 0 Å². The third-order valence-electron chi connectivity index (χ3n) is 4.57. The Balaban J connectivity index is 1.62. The highest BCUT2D eigenvalue weighted by Crippen LogP contribution is 2.35. The number of nitrogens with zero attached hydrogens (tertiary/aromatic N) is 1. The minimum absolute atomic E-state index is 0.0149. The van der Waals surface area contributed by atoms with Gasteiger partial charge in [-0.05, 0) is 25.2 Å². The maximum absolute atomic E-state index is 12.1. The first-order valence-electron chi connectivity index (χ1n) is 6.57. The molecule has 0 aromatic carbocycles. The Hall–Kier alpha value is -0.580. The summed E-state index contributed by atoms with van der Waals surface area (Å²) in [5.41, 5.74) is 0. The number of carbonyl (C=O) groups excluding carboxylic acids is 1. The Morgan fingerprint density at radius 2 is 1.94 bits per heavy atom. The molecule has 0 aromatic rings. The highest BCUT2D eigenvalue weighted by atomic mass is 32.2. The van der Waals surface area contributed by atoms with E-state index in [9.17, 15) is 13.2 Å². The van der Waals surface area contributed by atoms with Crippen molar-refractivity contribution >= 4 is 15.7 Å². The zero-order chi connectivity index (χ0) is 12.0. The van der Waals surface area contributed by atoms with E-state index in [0.29, 0.717) is 25.3 Å². The molecule has 96 valence electrons. The van der Waals surface area contributed by atoms with E-state index in [1.165, 1.54) is 25.7 Å². The van der Waals surface area contributed by atoms with Gasteiger partial charge in [-0.3, -0.25) is 4.79 Å². The van der Waals surface area contributed by atoms with Gasteiger partial charge in [0, 0.05) is 19.0 Å². The molecule has 4 nitrogen and oxygen atoms in total. The molecule has 1 amide bonds. The first-order chi connectivity index (χ1) is 8.06. The molecule has 0 spiro atoms. The van der Waals surface area contributed by atoms with Crippen molar-refractivity contribution in [3.05, 3.63) is 0 Å². The summed E-state index contributed by atoms with van der Waals surface area (Å²) in [4.78, 5) is 14.0. The number of carbonyl (C=O) groups is 1. The molecule has 3 aliphatic rings. The van der Waals surface area contributed by atoms with E-state index >= 15 is 0 Å². The van der Waals surface area contributed by atoms with E-state index in [4.69, 9.17) is 0 Å². The zero-order valence-electron chi connectivity index (χ0n) is 9.97. The first-order valence-corrected chi connectivity index (χ1v) is 8.29. The van der Waals surface area contributed by atoms with Crippen LogP contribution in [-0.2, 0) is 14.6 Å². The Morgan fingerprint density at radius 1 is 1.24 bits per heavy atom. The lowest BCUT2D eigenvalue weighted by molar-refractivity contribution is -0.132. The van der Waals surface area contributed by atoms with Crippen LogP contribution >= 0.6 is 0 Å². The van der Waals surface area contributed by atoms with Crippen LogP contribution in [0.2, 0.25) is 0 Å². The number of rotatable bonds is 2. The smallest absolute Gasteiger partial charge is 0.223 e. The Kier molecular flexibility index (Phi) is 2.69. The molecule has 17 heavy (non-hydrogen) atoms. The van der Waals surface area contributed by atoms with Crippen molar-refractivity contribution in [2.24, 2.45) is 5.92 Å². The number of hydrogen-bond donors (Lipinski definition) is 0. The van der Waals surface area contributed by atoms with E-state index < -0.39 is 9.84 Å². The van der Waals surface area contributed by atoms with Gasteiger partial charge in [-0.1, -0.05) is 12.8 Å². The fourth-order valence-electron chi connectivity index (χ4n) is 3.58. The third-order valence-corrected chi connectivity index (χ3v) is 6.77. The van der Waals surface area contributed by atoms with Crippen molar-refractivity contribution < 1.29 is 13.2 Å². The maximum atomic E-state index is 12.1. The standard InChI is InChI=1S/C12H19NO3S/c14-12(5-9-3-1-2-4-9)13-7-11-6-10(13)8-17(11,15)16/h9-11H,1-8H2. The summed E-state index contributed by atoms with van der Waals surface area (Å²) in [7, 11) is -2.87. The second-order valence-corrected chi connectivity index (χ2v) is 8.07. The second-order valence-electron chi connectivity index (χ2n) is 5.74. The maximum Gasteiger partial charge on any atom is 0.223 e. The van der Waals surface area contributed by atoms with Crippen LogP contribution < -0.4 is 0 Å². The molecule has 5 heteroatoms. The van der Waals surface area contributed by atoms with Crippen LogP contribution in [0.5, 0.6) is 0 Å². The fraction of sp³-hybridized carbons (Fsp3) is 0.917. The molecular weight excluding hydrogens is 238 g/mol. The summed E-state index contributed by atoms with van der Waals surface area (Å²) in [6.07, 6.45) is 6.16. The van der Waals surface area contributed by atoms with Gasteiger partial charge in [0.2, 0.25) is 5.91 Å². The first kappa shape index (κ1) is 11.5. The van der Waals surface area contributed by atoms with Crippen molar-refractivity contribution in [3.8, 4) is 0 Å². The number of fused-ring (bicyclic) bond motifs is 2. The monoisotopic (exact) mass is 257 g/mol. The van der Waals surface area contributed by atoms with E-state index in [1.807, 2.05) is 4.90 Å². The average Bonchev–Trinajstić information content (AvgIpc) is 2.90. The Morgan fingerprint density at radius 3 is 2.47 bits per heavy atom. The van der Waals surface area contributed by atoms with Crippen molar-refractivity contribution in [2.45, 2.75) is 49.8 Å². The van der Waals surface area contributed by atoms with Gasteiger partial charge in [0.25, 0.3) is 0 Å². The second kappa shape index (κ2) is 3.97. The molecule has 0 aromatic heterocycles. The van der Waals surface area contributed by atoms with E-state index in [1.54, 1.807) is 0 Å². The van der Waals surface area contributed by atoms with E-state index in [2.05, 4.69) is 0 Å². The average molecular weight is 257 g/mol. The van der Waals surface area contributed by atoms with Crippen LogP contribution in [-0.4, -0.2) is 42.8 Å². The summed E-state index contributed by atoms with van der Waals surface area (Å²) in [5.74, 6) is 0.950. The van der Waals surface area contributed by atoms with Crippen LogP contribution in [0.4, 0.5) is 0 Å². The van der Waals surface area contributed by atoms with Gasteiger partial charge in [0.05, 0.1) is 11.0 Å². The predicted molar refractivity (Wildman–Crippen MR) is 64.3 cm³/mol. The molecular formula is C12H19NO3S. The van der Waals surface area contributed by atoms with Gasteiger partial charge in [-0.25, -0.2) is 8.42 Å². The summed E-state index contributed by atoms with van der Waals surface area (Å²) in [5, 5.41) is -0.264. The van der Waals surface area contributed by atoms with Crippen LogP contribution in [0, 0.1) is 5.92 Å². The number of amides is 1. The summed E-state index contributed by atoms with van der Waals surface area (Å²) in [6, 6.07) is -0.0149. The van der Waals surface area contributed by atoms with Crippen molar-refractivity contribution in [3.63, 3.8) is 0 Å². The van der Waals surface area contributed by atoms with Crippen LogP contribution in [0.1, 0.15) is 38.5 Å². The van der Waals surface area contributed by atoms with Crippen LogP contribution in [0.3, 0.4) is 0 Å². The van der Waals surface area contributed by atoms with E-state index in [0.717, 1.165) is 0 Å². The molecule has 2 bridgehead atoms. The number of likely N-dealkylation sites (tertiary alicyclic amines) is 1. The molecule has 2 aliphatic heterocycles. The molecule has 1 aliphatic carbocycles. The number of sulfone groups is 1. The minimum atomic E-state index is -2.87. The Labute approximate surface area is 102 Å². The molecule has 0 N–H and O–H groups in total.